The molecule has 1 amide bonds. The van der Waals surface area contributed by atoms with E-state index in [0.717, 1.165) is 0 Å². The van der Waals surface area contributed by atoms with Gasteiger partial charge in [-0.3, -0.25) is 4.79 Å². The Hall–Kier alpha value is -1.98. The molecule has 6 heteroatoms. The molecule has 1 aromatic carbocycles. The second-order valence-corrected chi connectivity index (χ2v) is 6.12. The van der Waals surface area contributed by atoms with Crippen molar-refractivity contribution >= 4 is 17.5 Å². The van der Waals surface area contributed by atoms with Gasteiger partial charge < -0.3 is 19.6 Å². The number of aliphatic hydroxyl groups is 1. The fourth-order valence-corrected chi connectivity index (χ4v) is 2.14. The molecule has 0 saturated carbocycles. The minimum atomic E-state index is -1.03. The van der Waals surface area contributed by atoms with Crippen LogP contribution in [0.3, 0.4) is 0 Å². The predicted octanol–water partition coefficient (Wildman–Crippen LogP) is 3.33. The van der Waals surface area contributed by atoms with E-state index in [9.17, 15) is 9.90 Å². The van der Waals surface area contributed by atoms with E-state index in [-0.39, 0.29) is 5.91 Å². The Bertz CT molecular complexity index is 623. The van der Waals surface area contributed by atoms with Crippen LogP contribution in [0.5, 0.6) is 5.75 Å². The highest BCUT2D eigenvalue weighted by molar-refractivity contribution is 6.30. The number of carbonyl (C=O) groups is 1. The van der Waals surface area contributed by atoms with Crippen molar-refractivity contribution in [3.63, 3.8) is 0 Å². The Morgan fingerprint density at radius 2 is 2.04 bits per heavy atom. The average molecular weight is 338 g/mol. The summed E-state index contributed by atoms with van der Waals surface area (Å²) in [5, 5.41) is 13.3. The van der Waals surface area contributed by atoms with Gasteiger partial charge >= 0.3 is 0 Å². The SMILES string of the molecule is CC(C)(Oc1ccc(Cl)cc1)C(=O)NCC[C@@H](O)c1ccoc1. The van der Waals surface area contributed by atoms with Crippen molar-refractivity contribution in [2.45, 2.75) is 32.0 Å². The summed E-state index contributed by atoms with van der Waals surface area (Å²) < 4.78 is 10.6. The van der Waals surface area contributed by atoms with Crippen molar-refractivity contribution in [3.8, 4) is 5.75 Å². The first-order valence-electron chi connectivity index (χ1n) is 7.31. The van der Waals surface area contributed by atoms with Gasteiger partial charge in [0.1, 0.15) is 5.75 Å². The van der Waals surface area contributed by atoms with Gasteiger partial charge in [0.05, 0.1) is 18.6 Å². The van der Waals surface area contributed by atoms with Crippen LogP contribution >= 0.6 is 11.6 Å². The zero-order valence-corrected chi connectivity index (χ0v) is 13.8. The molecule has 0 radical (unpaired) electrons. The molecule has 0 saturated heterocycles. The number of hydrogen-bond donors (Lipinski definition) is 2. The molecule has 124 valence electrons. The molecule has 0 spiro atoms. The number of furan rings is 1. The van der Waals surface area contributed by atoms with E-state index in [1.165, 1.54) is 12.5 Å². The number of hydrogen-bond acceptors (Lipinski definition) is 4. The zero-order chi connectivity index (χ0) is 16.9. The second kappa shape index (κ2) is 7.53. The van der Waals surface area contributed by atoms with E-state index in [2.05, 4.69) is 5.32 Å². The van der Waals surface area contributed by atoms with Crippen LogP contribution in [0.1, 0.15) is 31.9 Å². The monoisotopic (exact) mass is 337 g/mol. The van der Waals surface area contributed by atoms with Crippen molar-refractivity contribution < 1.29 is 19.1 Å². The van der Waals surface area contributed by atoms with Gasteiger partial charge in [0.2, 0.25) is 0 Å². The van der Waals surface area contributed by atoms with Crippen LogP contribution in [0.15, 0.2) is 47.3 Å². The zero-order valence-electron chi connectivity index (χ0n) is 13.1. The van der Waals surface area contributed by atoms with E-state index < -0.39 is 11.7 Å². The molecule has 1 atom stereocenters. The third kappa shape index (κ3) is 5.01. The van der Waals surface area contributed by atoms with E-state index in [4.69, 9.17) is 20.8 Å². The Labute approximate surface area is 140 Å². The van der Waals surface area contributed by atoms with Crippen LogP contribution in [0.2, 0.25) is 5.02 Å². The summed E-state index contributed by atoms with van der Waals surface area (Å²) in [5.74, 6) is 0.305. The first kappa shape index (κ1) is 17.4. The summed E-state index contributed by atoms with van der Waals surface area (Å²) in [4.78, 5) is 12.2. The maximum atomic E-state index is 12.2. The van der Waals surface area contributed by atoms with Gasteiger partial charge in [-0.2, -0.15) is 0 Å². The summed E-state index contributed by atoms with van der Waals surface area (Å²) in [5.41, 5.74) is -0.343. The van der Waals surface area contributed by atoms with Crippen molar-refractivity contribution in [2.24, 2.45) is 0 Å². The molecular weight excluding hydrogens is 318 g/mol. The quantitative estimate of drug-likeness (QED) is 0.813. The number of nitrogens with one attached hydrogen (secondary N) is 1. The van der Waals surface area contributed by atoms with Gasteiger partial charge in [-0.05, 0) is 50.6 Å². The standard InChI is InChI=1S/C17H20ClNO4/c1-17(2,23-14-5-3-13(18)4-6-14)16(21)19-9-7-15(20)12-8-10-22-11-12/h3-6,8,10-11,15,20H,7,9H2,1-2H3,(H,19,21)/t15-/m1/s1. The second-order valence-electron chi connectivity index (χ2n) is 5.68. The summed E-state index contributed by atoms with van der Waals surface area (Å²) in [6.45, 7) is 3.70. The number of aliphatic hydroxyl groups excluding tert-OH is 1. The molecule has 5 nitrogen and oxygen atoms in total. The lowest BCUT2D eigenvalue weighted by molar-refractivity contribution is -0.134. The Morgan fingerprint density at radius 3 is 2.65 bits per heavy atom. The highest BCUT2D eigenvalue weighted by Crippen LogP contribution is 2.21. The number of benzene rings is 1. The van der Waals surface area contributed by atoms with Gasteiger partial charge in [0, 0.05) is 17.1 Å². The third-order valence-electron chi connectivity index (χ3n) is 3.36. The maximum absolute atomic E-state index is 12.2. The van der Waals surface area contributed by atoms with Crippen molar-refractivity contribution in [1.29, 1.82) is 0 Å². The number of carbonyl (C=O) groups excluding carboxylic acids is 1. The highest BCUT2D eigenvalue weighted by atomic mass is 35.5. The Morgan fingerprint density at radius 1 is 1.35 bits per heavy atom. The van der Waals surface area contributed by atoms with Crippen molar-refractivity contribution in [1.82, 2.24) is 5.32 Å². The molecule has 0 bridgehead atoms. The first-order chi connectivity index (χ1) is 10.9. The van der Waals surface area contributed by atoms with Crippen molar-refractivity contribution in [2.75, 3.05) is 6.54 Å². The lowest BCUT2D eigenvalue weighted by Crippen LogP contribution is -2.47. The number of amides is 1. The lowest BCUT2D eigenvalue weighted by atomic mass is 10.1. The Balaban J connectivity index is 1.82. The van der Waals surface area contributed by atoms with E-state index >= 15 is 0 Å². The molecule has 0 aliphatic rings. The molecular formula is C17H20ClNO4. The summed E-state index contributed by atoms with van der Waals surface area (Å²) in [6.07, 6.45) is 2.71. The summed E-state index contributed by atoms with van der Waals surface area (Å²) in [6, 6.07) is 8.51. The topological polar surface area (TPSA) is 71.7 Å². The lowest BCUT2D eigenvalue weighted by Gasteiger charge is -2.25. The number of halogens is 1. The molecule has 2 rings (SSSR count). The van der Waals surface area contributed by atoms with Gasteiger partial charge in [-0.1, -0.05) is 11.6 Å². The van der Waals surface area contributed by atoms with Crippen molar-refractivity contribution in [3.05, 3.63) is 53.4 Å². The summed E-state index contributed by atoms with van der Waals surface area (Å²) >= 11 is 5.82. The van der Waals surface area contributed by atoms with Crippen LogP contribution in [0, 0.1) is 0 Å². The largest absolute Gasteiger partial charge is 0.478 e. The van der Waals surface area contributed by atoms with Gasteiger partial charge in [0.25, 0.3) is 5.91 Å². The molecule has 0 aliphatic carbocycles. The molecule has 2 N–H and O–H groups in total. The van der Waals surface area contributed by atoms with Crippen LogP contribution in [-0.2, 0) is 4.79 Å². The van der Waals surface area contributed by atoms with E-state index in [1.807, 2.05) is 0 Å². The van der Waals surface area contributed by atoms with Crippen LogP contribution in [0.4, 0.5) is 0 Å². The smallest absolute Gasteiger partial charge is 0.263 e. The highest BCUT2D eigenvalue weighted by Gasteiger charge is 2.29. The molecule has 2 aromatic rings. The van der Waals surface area contributed by atoms with Gasteiger partial charge in [-0.15, -0.1) is 0 Å². The fourth-order valence-electron chi connectivity index (χ4n) is 2.01. The predicted molar refractivity (Wildman–Crippen MR) is 87.5 cm³/mol. The average Bonchev–Trinajstić information content (AvgIpc) is 3.03. The van der Waals surface area contributed by atoms with Crippen LogP contribution < -0.4 is 10.1 Å². The van der Waals surface area contributed by atoms with E-state index in [0.29, 0.717) is 29.3 Å². The molecule has 0 fully saturated rings. The van der Waals surface area contributed by atoms with Gasteiger partial charge in [0.15, 0.2) is 5.60 Å². The maximum Gasteiger partial charge on any atom is 0.263 e. The molecule has 1 heterocycles. The van der Waals surface area contributed by atoms with E-state index in [1.54, 1.807) is 44.2 Å². The van der Waals surface area contributed by atoms with Crippen LogP contribution in [-0.4, -0.2) is 23.2 Å². The summed E-state index contributed by atoms with van der Waals surface area (Å²) in [7, 11) is 0. The number of ether oxygens (including phenoxy) is 1. The molecule has 23 heavy (non-hydrogen) atoms. The fraction of sp³-hybridized carbons (Fsp3) is 0.353. The minimum absolute atomic E-state index is 0.258. The third-order valence-corrected chi connectivity index (χ3v) is 3.62. The molecule has 0 unspecified atom stereocenters. The number of rotatable bonds is 7. The van der Waals surface area contributed by atoms with Crippen LogP contribution in [0.25, 0.3) is 0 Å². The molecule has 0 aliphatic heterocycles. The Kier molecular flexibility index (Phi) is 5.69. The minimum Gasteiger partial charge on any atom is -0.478 e. The van der Waals surface area contributed by atoms with Gasteiger partial charge in [-0.25, -0.2) is 0 Å². The molecule has 1 aromatic heterocycles. The first-order valence-corrected chi connectivity index (χ1v) is 7.69. The normalized spacial score (nSPS) is 12.7.